The average Bonchev–Trinajstić information content (AvgIpc) is 3.14. The molecule has 1 saturated carbocycles. The number of fused-ring (bicyclic) bond motifs is 1. The summed E-state index contributed by atoms with van der Waals surface area (Å²) in [6, 6.07) is 17.8. The standard InChI is InChI=1S/C19H20N2/c1-14-11-12-18-17(13-14)20-19(15-7-3-2-4-8-15)21(18)16-9-5-6-10-16/h2-4,7-8,11-13,16H,5-6,9-10H2,1H3. The maximum Gasteiger partial charge on any atom is 0.141 e. The average molecular weight is 276 g/mol. The van der Waals surface area contributed by atoms with Gasteiger partial charge in [-0.1, -0.05) is 49.2 Å². The first kappa shape index (κ1) is 12.6. The van der Waals surface area contributed by atoms with E-state index in [1.807, 2.05) is 0 Å². The molecule has 0 atom stereocenters. The molecule has 0 saturated heterocycles. The Kier molecular flexibility index (Phi) is 3.03. The van der Waals surface area contributed by atoms with Crippen molar-refractivity contribution in [3.05, 3.63) is 54.1 Å². The van der Waals surface area contributed by atoms with E-state index in [0.29, 0.717) is 6.04 Å². The fourth-order valence-corrected chi connectivity index (χ4v) is 3.53. The first-order valence-electron chi connectivity index (χ1n) is 7.87. The highest BCUT2D eigenvalue weighted by molar-refractivity contribution is 5.81. The van der Waals surface area contributed by atoms with Crippen LogP contribution in [0.1, 0.15) is 37.3 Å². The molecule has 3 aromatic rings. The van der Waals surface area contributed by atoms with Gasteiger partial charge in [-0.2, -0.15) is 0 Å². The first-order chi connectivity index (χ1) is 10.3. The van der Waals surface area contributed by atoms with E-state index >= 15 is 0 Å². The molecule has 1 fully saturated rings. The van der Waals surface area contributed by atoms with Crippen molar-refractivity contribution in [3.8, 4) is 11.4 Å². The van der Waals surface area contributed by atoms with Gasteiger partial charge in [0.1, 0.15) is 5.82 Å². The molecule has 1 aliphatic carbocycles. The second-order valence-electron chi connectivity index (χ2n) is 6.10. The Morgan fingerprint density at radius 1 is 1.00 bits per heavy atom. The summed E-state index contributed by atoms with van der Waals surface area (Å²) in [5, 5.41) is 0. The zero-order chi connectivity index (χ0) is 14.2. The number of rotatable bonds is 2. The predicted octanol–water partition coefficient (Wildman–Crippen LogP) is 5.13. The summed E-state index contributed by atoms with van der Waals surface area (Å²) in [4.78, 5) is 4.95. The van der Waals surface area contributed by atoms with Gasteiger partial charge >= 0.3 is 0 Å². The molecule has 0 radical (unpaired) electrons. The van der Waals surface area contributed by atoms with Crippen LogP contribution >= 0.6 is 0 Å². The third-order valence-electron chi connectivity index (χ3n) is 4.57. The molecule has 0 aliphatic heterocycles. The number of benzene rings is 2. The number of aromatic nitrogens is 2. The van der Waals surface area contributed by atoms with Gasteiger partial charge in [-0.25, -0.2) is 4.98 Å². The molecular weight excluding hydrogens is 256 g/mol. The van der Waals surface area contributed by atoms with Crippen LogP contribution < -0.4 is 0 Å². The van der Waals surface area contributed by atoms with Crippen molar-refractivity contribution in [1.29, 1.82) is 0 Å². The summed E-state index contributed by atoms with van der Waals surface area (Å²) in [5.74, 6) is 1.13. The number of hydrogen-bond donors (Lipinski definition) is 0. The van der Waals surface area contributed by atoms with Crippen molar-refractivity contribution in [1.82, 2.24) is 9.55 Å². The maximum atomic E-state index is 4.95. The third kappa shape index (κ3) is 2.15. The number of nitrogens with zero attached hydrogens (tertiary/aromatic N) is 2. The molecule has 21 heavy (non-hydrogen) atoms. The Bertz CT molecular complexity index is 765. The third-order valence-corrected chi connectivity index (χ3v) is 4.57. The second kappa shape index (κ2) is 5.03. The topological polar surface area (TPSA) is 17.8 Å². The molecule has 0 unspecified atom stereocenters. The van der Waals surface area contributed by atoms with Gasteiger partial charge in [-0.05, 0) is 37.5 Å². The molecule has 1 aliphatic rings. The highest BCUT2D eigenvalue weighted by atomic mass is 15.1. The van der Waals surface area contributed by atoms with E-state index in [1.165, 1.54) is 42.3 Å². The van der Waals surface area contributed by atoms with Crippen molar-refractivity contribution in [2.75, 3.05) is 0 Å². The lowest BCUT2D eigenvalue weighted by Gasteiger charge is -2.16. The highest BCUT2D eigenvalue weighted by Crippen LogP contribution is 2.36. The van der Waals surface area contributed by atoms with Gasteiger partial charge in [0.15, 0.2) is 0 Å². The summed E-state index contributed by atoms with van der Waals surface area (Å²) in [5.41, 5.74) is 4.91. The Morgan fingerprint density at radius 3 is 2.52 bits per heavy atom. The van der Waals surface area contributed by atoms with E-state index < -0.39 is 0 Å². The van der Waals surface area contributed by atoms with Crippen LogP contribution in [0.15, 0.2) is 48.5 Å². The van der Waals surface area contributed by atoms with Crippen molar-refractivity contribution in [3.63, 3.8) is 0 Å². The molecule has 0 amide bonds. The molecule has 106 valence electrons. The van der Waals surface area contributed by atoms with E-state index in [9.17, 15) is 0 Å². The van der Waals surface area contributed by atoms with Crippen LogP contribution in [0.5, 0.6) is 0 Å². The van der Waals surface area contributed by atoms with Crippen LogP contribution in [0.2, 0.25) is 0 Å². The molecule has 4 rings (SSSR count). The zero-order valence-electron chi connectivity index (χ0n) is 12.4. The van der Waals surface area contributed by atoms with Crippen LogP contribution in [0.25, 0.3) is 22.4 Å². The van der Waals surface area contributed by atoms with Gasteiger partial charge in [0, 0.05) is 11.6 Å². The minimum Gasteiger partial charge on any atom is -0.321 e. The van der Waals surface area contributed by atoms with E-state index in [4.69, 9.17) is 4.98 Å². The number of aryl methyl sites for hydroxylation is 1. The molecular formula is C19H20N2. The van der Waals surface area contributed by atoms with Crippen LogP contribution in [0.3, 0.4) is 0 Å². The zero-order valence-corrected chi connectivity index (χ0v) is 12.4. The summed E-state index contributed by atoms with van der Waals surface area (Å²) >= 11 is 0. The minimum atomic E-state index is 0.605. The van der Waals surface area contributed by atoms with Crippen LogP contribution in [0.4, 0.5) is 0 Å². The Morgan fingerprint density at radius 2 is 1.76 bits per heavy atom. The van der Waals surface area contributed by atoms with Gasteiger partial charge < -0.3 is 4.57 Å². The molecule has 0 N–H and O–H groups in total. The lowest BCUT2D eigenvalue weighted by molar-refractivity contribution is 0.537. The monoisotopic (exact) mass is 276 g/mol. The molecule has 1 heterocycles. The number of imidazole rings is 1. The van der Waals surface area contributed by atoms with Crippen LogP contribution in [0, 0.1) is 6.92 Å². The number of hydrogen-bond acceptors (Lipinski definition) is 1. The second-order valence-corrected chi connectivity index (χ2v) is 6.10. The smallest absolute Gasteiger partial charge is 0.141 e. The minimum absolute atomic E-state index is 0.605. The van der Waals surface area contributed by atoms with Gasteiger partial charge in [0.05, 0.1) is 11.0 Å². The fourth-order valence-electron chi connectivity index (χ4n) is 3.53. The normalized spacial score (nSPS) is 15.9. The molecule has 0 bridgehead atoms. The Balaban J connectivity index is 1.97. The lowest BCUT2D eigenvalue weighted by atomic mass is 10.1. The van der Waals surface area contributed by atoms with Crippen molar-refractivity contribution in [2.45, 2.75) is 38.6 Å². The van der Waals surface area contributed by atoms with Crippen molar-refractivity contribution in [2.24, 2.45) is 0 Å². The van der Waals surface area contributed by atoms with Gasteiger partial charge in [0.25, 0.3) is 0 Å². The van der Waals surface area contributed by atoms with E-state index in [1.54, 1.807) is 0 Å². The maximum absolute atomic E-state index is 4.95. The summed E-state index contributed by atoms with van der Waals surface area (Å²) < 4.78 is 2.48. The molecule has 0 spiro atoms. The van der Waals surface area contributed by atoms with Gasteiger partial charge in [-0.15, -0.1) is 0 Å². The van der Waals surface area contributed by atoms with E-state index in [0.717, 1.165) is 11.3 Å². The van der Waals surface area contributed by atoms with Crippen molar-refractivity contribution >= 4 is 11.0 Å². The van der Waals surface area contributed by atoms with Crippen LogP contribution in [-0.4, -0.2) is 9.55 Å². The Hall–Kier alpha value is -2.09. The summed E-state index contributed by atoms with van der Waals surface area (Å²) in [7, 11) is 0. The highest BCUT2D eigenvalue weighted by Gasteiger charge is 2.23. The molecule has 1 aromatic heterocycles. The quantitative estimate of drug-likeness (QED) is 0.634. The predicted molar refractivity (Wildman–Crippen MR) is 87.4 cm³/mol. The van der Waals surface area contributed by atoms with E-state index in [2.05, 4.69) is 60.0 Å². The van der Waals surface area contributed by atoms with E-state index in [-0.39, 0.29) is 0 Å². The fraction of sp³-hybridized carbons (Fsp3) is 0.316. The molecule has 2 aromatic carbocycles. The van der Waals surface area contributed by atoms with Crippen molar-refractivity contribution < 1.29 is 0 Å². The van der Waals surface area contributed by atoms with Gasteiger partial charge in [-0.3, -0.25) is 0 Å². The summed E-state index contributed by atoms with van der Waals surface area (Å²) in [6.45, 7) is 2.14. The SMILES string of the molecule is Cc1ccc2c(c1)nc(-c1ccccc1)n2C1CCCC1. The first-order valence-corrected chi connectivity index (χ1v) is 7.87. The molecule has 2 heteroatoms. The summed E-state index contributed by atoms with van der Waals surface area (Å²) in [6.07, 6.45) is 5.23. The lowest BCUT2D eigenvalue weighted by Crippen LogP contribution is -2.06. The molecule has 2 nitrogen and oxygen atoms in total. The van der Waals surface area contributed by atoms with Crippen LogP contribution in [-0.2, 0) is 0 Å². The largest absolute Gasteiger partial charge is 0.321 e. The Labute approximate surface area is 125 Å². The van der Waals surface area contributed by atoms with Gasteiger partial charge in [0.2, 0.25) is 0 Å².